The molecule has 11 heteroatoms. The molecule has 3 aliphatic heterocycles. The number of nitrogens with zero attached hydrogens (tertiary/aromatic N) is 3. The smallest absolute Gasteiger partial charge is 0.308 e. The maximum absolute atomic E-state index is 13.4. The van der Waals surface area contributed by atoms with Gasteiger partial charge in [0.25, 0.3) is 11.8 Å². The second-order valence-electron chi connectivity index (χ2n) is 10.4. The minimum Gasteiger partial charge on any atom is -0.481 e. The van der Waals surface area contributed by atoms with Gasteiger partial charge in [-0.05, 0) is 50.7 Å². The number of carbonyl (C=O) groups excluding carboxylic acids is 5. The van der Waals surface area contributed by atoms with Crippen molar-refractivity contribution in [1.29, 1.82) is 0 Å². The van der Waals surface area contributed by atoms with E-state index in [0.717, 1.165) is 4.90 Å². The van der Waals surface area contributed by atoms with Crippen molar-refractivity contribution in [2.45, 2.75) is 57.0 Å². The summed E-state index contributed by atoms with van der Waals surface area (Å²) in [7, 11) is 1.87. The molecule has 2 N–H and O–H groups in total. The maximum Gasteiger partial charge on any atom is 0.308 e. The van der Waals surface area contributed by atoms with Gasteiger partial charge in [-0.2, -0.15) is 0 Å². The predicted octanol–water partition coefficient (Wildman–Crippen LogP) is 1.02. The lowest BCUT2D eigenvalue weighted by atomic mass is 9.84. The van der Waals surface area contributed by atoms with Gasteiger partial charge < -0.3 is 14.9 Å². The lowest BCUT2D eigenvalue weighted by Gasteiger charge is -2.37. The fourth-order valence-electron chi connectivity index (χ4n) is 6.12. The Labute approximate surface area is 213 Å². The highest BCUT2D eigenvalue weighted by molar-refractivity contribution is 6.25. The number of rotatable bonds is 5. The van der Waals surface area contributed by atoms with Gasteiger partial charge in [0.15, 0.2) is 0 Å². The molecule has 2 atom stereocenters. The van der Waals surface area contributed by atoms with E-state index in [1.807, 2.05) is 11.9 Å². The van der Waals surface area contributed by atoms with Gasteiger partial charge in [0.2, 0.25) is 17.7 Å². The first-order chi connectivity index (χ1) is 17.7. The van der Waals surface area contributed by atoms with E-state index in [4.69, 9.17) is 0 Å². The molecule has 196 valence electrons. The number of anilines is 1. The van der Waals surface area contributed by atoms with Crippen molar-refractivity contribution in [3.8, 4) is 0 Å². The van der Waals surface area contributed by atoms with Crippen LogP contribution in [0.1, 0.15) is 65.7 Å². The van der Waals surface area contributed by atoms with Gasteiger partial charge in [-0.3, -0.25) is 39.0 Å². The number of carbonyl (C=O) groups is 6. The average molecular weight is 511 g/mol. The second-order valence-corrected chi connectivity index (χ2v) is 10.4. The molecule has 0 spiro atoms. The normalized spacial score (nSPS) is 27.8. The van der Waals surface area contributed by atoms with Crippen molar-refractivity contribution < 1.29 is 33.9 Å². The summed E-state index contributed by atoms with van der Waals surface area (Å²) < 4.78 is 0. The van der Waals surface area contributed by atoms with Gasteiger partial charge in [-0.15, -0.1) is 0 Å². The molecule has 3 fully saturated rings. The quantitative estimate of drug-likeness (QED) is 0.559. The minimum absolute atomic E-state index is 0.0195. The van der Waals surface area contributed by atoms with Crippen LogP contribution in [0.25, 0.3) is 0 Å². The summed E-state index contributed by atoms with van der Waals surface area (Å²) in [5.41, 5.74) is 1.10. The highest BCUT2D eigenvalue weighted by Gasteiger charge is 2.46. The van der Waals surface area contributed by atoms with Crippen LogP contribution in [0.5, 0.6) is 0 Å². The number of hydrogen-bond donors (Lipinski definition) is 2. The van der Waals surface area contributed by atoms with Gasteiger partial charge in [0.05, 0.1) is 22.7 Å². The molecule has 3 heterocycles. The van der Waals surface area contributed by atoms with E-state index in [1.54, 1.807) is 23.1 Å². The Bertz CT molecular complexity index is 1190. The summed E-state index contributed by atoms with van der Waals surface area (Å²) in [4.78, 5) is 79.3. The summed E-state index contributed by atoms with van der Waals surface area (Å²) in [5, 5.41) is 11.4. The fourth-order valence-corrected chi connectivity index (χ4v) is 6.12. The molecule has 4 aliphatic rings. The Morgan fingerprint density at radius 2 is 1.70 bits per heavy atom. The van der Waals surface area contributed by atoms with Gasteiger partial charge in [0.1, 0.15) is 6.04 Å². The summed E-state index contributed by atoms with van der Waals surface area (Å²) in [6, 6.07) is 4.11. The molecule has 1 saturated carbocycles. The first-order valence-corrected chi connectivity index (χ1v) is 12.8. The summed E-state index contributed by atoms with van der Waals surface area (Å²) in [6.07, 6.45) is 3.40. The summed E-state index contributed by atoms with van der Waals surface area (Å²) in [5.74, 6) is -3.62. The van der Waals surface area contributed by atoms with E-state index >= 15 is 0 Å². The average Bonchev–Trinajstić information content (AvgIpc) is 3.48. The molecule has 5 amide bonds. The number of aliphatic carboxylic acids is 1. The summed E-state index contributed by atoms with van der Waals surface area (Å²) >= 11 is 0. The van der Waals surface area contributed by atoms with E-state index in [1.165, 1.54) is 0 Å². The fraction of sp³-hybridized carbons (Fsp3) is 0.538. The van der Waals surface area contributed by atoms with Crippen LogP contribution in [0, 0.1) is 11.8 Å². The molecule has 0 aromatic heterocycles. The number of imide groups is 2. The van der Waals surface area contributed by atoms with Crippen LogP contribution in [-0.2, 0) is 19.2 Å². The van der Waals surface area contributed by atoms with Gasteiger partial charge in [-0.25, -0.2) is 0 Å². The highest BCUT2D eigenvalue weighted by atomic mass is 16.4. The molecule has 1 aromatic rings. The lowest BCUT2D eigenvalue weighted by Crippen LogP contribution is -2.54. The van der Waals surface area contributed by atoms with Crippen molar-refractivity contribution >= 4 is 41.2 Å². The van der Waals surface area contributed by atoms with E-state index < -0.39 is 41.6 Å². The standard InChI is InChI=1S/C26H30N4O7/c1-28(16-7-5-14(6-8-16)23(33)29-12-11-15(13-29)26(36)37)18-4-2-3-17-21(18)25(35)30(24(17)34)19-9-10-20(31)27-22(19)32/h2-4,14-16,19H,5-13H2,1H3,(H,36,37)(H,27,31,32)/t14-,15-,16-,19?/m1/s1. The van der Waals surface area contributed by atoms with Crippen LogP contribution in [-0.4, -0.2) is 82.6 Å². The zero-order valence-electron chi connectivity index (χ0n) is 20.6. The number of nitrogens with one attached hydrogen (secondary N) is 1. The van der Waals surface area contributed by atoms with Crippen LogP contribution in [0.3, 0.4) is 0 Å². The molecule has 5 rings (SSSR count). The number of likely N-dealkylation sites (tertiary alicyclic amines) is 1. The molecular weight excluding hydrogens is 480 g/mol. The van der Waals surface area contributed by atoms with Crippen LogP contribution in [0.2, 0.25) is 0 Å². The first-order valence-electron chi connectivity index (χ1n) is 12.8. The molecule has 37 heavy (non-hydrogen) atoms. The van der Waals surface area contributed by atoms with E-state index in [2.05, 4.69) is 5.32 Å². The Kier molecular flexibility index (Phi) is 6.47. The molecule has 2 saturated heterocycles. The Morgan fingerprint density at radius 1 is 0.973 bits per heavy atom. The minimum atomic E-state index is -1.02. The molecule has 1 aromatic carbocycles. The number of carboxylic acid groups (broad SMARTS) is 1. The van der Waals surface area contributed by atoms with Crippen LogP contribution in [0.4, 0.5) is 5.69 Å². The maximum atomic E-state index is 13.4. The zero-order chi connectivity index (χ0) is 26.4. The molecule has 0 radical (unpaired) electrons. The Morgan fingerprint density at radius 3 is 2.35 bits per heavy atom. The van der Waals surface area contributed by atoms with Crippen molar-refractivity contribution in [3.05, 3.63) is 29.3 Å². The first kappa shape index (κ1) is 24.9. The third-order valence-electron chi connectivity index (χ3n) is 8.27. The van der Waals surface area contributed by atoms with Gasteiger partial charge in [-0.1, -0.05) is 6.07 Å². The van der Waals surface area contributed by atoms with Crippen molar-refractivity contribution in [1.82, 2.24) is 15.1 Å². The number of hydrogen-bond acceptors (Lipinski definition) is 7. The number of piperidine rings is 1. The van der Waals surface area contributed by atoms with Gasteiger partial charge in [0, 0.05) is 38.5 Å². The molecule has 0 bridgehead atoms. The molecule has 11 nitrogen and oxygen atoms in total. The van der Waals surface area contributed by atoms with Crippen molar-refractivity contribution in [2.75, 3.05) is 25.0 Å². The summed E-state index contributed by atoms with van der Waals surface area (Å²) in [6.45, 7) is 0.746. The van der Waals surface area contributed by atoms with Crippen molar-refractivity contribution in [3.63, 3.8) is 0 Å². The molecule has 1 unspecified atom stereocenters. The van der Waals surface area contributed by atoms with Crippen LogP contribution in [0.15, 0.2) is 18.2 Å². The van der Waals surface area contributed by atoms with E-state index in [-0.39, 0.29) is 48.4 Å². The monoisotopic (exact) mass is 510 g/mol. The second kappa shape index (κ2) is 9.60. The predicted molar refractivity (Wildman–Crippen MR) is 130 cm³/mol. The largest absolute Gasteiger partial charge is 0.481 e. The Hall–Kier alpha value is -3.76. The third-order valence-corrected chi connectivity index (χ3v) is 8.27. The van der Waals surface area contributed by atoms with Gasteiger partial charge >= 0.3 is 5.97 Å². The lowest BCUT2D eigenvalue weighted by molar-refractivity contribution is -0.142. The molecular formula is C26H30N4O7. The van der Waals surface area contributed by atoms with Crippen molar-refractivity contribution in [2.24, 2.45) is 11.8 Å². The zero-order valence-corrected chi connectivity index (χ0v) is 20.6. The van der Waals surface area contributed by atoms with E-state index in [0.29, 0.717) is 44.3 Å². The van der Waals surface area contributed by atoms with Crippen LogP contribution < -0.4 is 10.2 Å². The number of amides is 5. The third kappa shape index (κ3) is 4.36. The number of carboxylic acids is 1. The SMILES string of the molecule is CN(c1cccc2c1C(=O)N(C1CCC(=O)NC1=O)C2=O)[C@H]1CC[C@H](C(=O)N2CC[C@@H](C(=O)O)C2)CC1. The highest BCUT2D eigenvalue weighted by Crippen LogP contribution is 2.37. The number of fused-ring (bicyclic) bond motifs is 1. The van der Waals surface area contributed by atoms with Crippen LogP contribution >= 0.6 is 0 Å². The topological polar surface area (TPSA) is 144 Å². The van der Waals surface area contributed by atoms with E-state index in [9.17, 15) is 33.9 Å². The molecule has 1 aliphatic carbocycles. The Balaban J connectivity index is 1.27. The number of benzene rings is 1.